The van der Waals surface area contributed by atoms with Crippen molar-refractivity contribution in [3.8, 4) is 17.3 Å². The largest absolute Gasteiger partial charge is 0.326 e. The molecule has 3 heterocycles. The first-order valence-electron chi connectivity index (χ1n) is 6.22. The predicted molar refractivity (Wildman–Crippen MR) is 73.6 cm³/mol. The molecule has 0 radical (unpaired) electrons. The number of nitrogens with two attached hydrogens (primary N) is 1. The summed E-state index contributed by atoms with van der Waals surface area (Å²) in [6, 6.07) is 5.99. The maximum absolute atomic E-state index is 9.32. The monoisotopic (exact) mass is 272 g/mol. The van der Waals surface area contributed by atoms with Crippen molar-refractivity contribution in [1.29, 1.82) is 5.26 Å². The summed E-state index contributed by atoms with van der Waals surface area (Å²) in [7, 11) is 0. The van der Waals surface area contributed by atoms with Gasteiger partial charge in [0.25, 0.3) is 0 Å². The van der Waals surface area contributed by atoms with E-state index in [-0.39, 0.29) is 6.17 Å². The normalized spacial score (nSPS) is 17.8. The molecule has 0 aliphatic carbocycles. The standard InChI is InChI=1S/C14H13ClN4/c15-13-10(7-16)11-4-1-5-12(17)19(11)14(13)9-3-2-6-18-8-9/h2-3,6,8,12H,1,4-5,17H2. The van der Waals surface area contributed by atoms with Crippen molar-refractivity contribution >= 4 is 11.6 Å². The molecule has 3 rings (SSSR count). The second-order valence-electron chi connectivity index (χ2n) is 4.67. The fourth-order valence-electron chi connectivity index (χ4n) is 2.71. The molecule has 0 saturated heterocycles. The lowest BCUT2D eigenvalue weighted by molar-refractivity contribution is 0.418. The van der Waals surface area contributed by atoms with E-state index in [1.54, 1.807) is 12.4 Å². The lowest BCUT2D eigenvalue weighted by Crippen LogP contribution is -2.25. The third-order valence-electron chi connectivity index (χ3n) is 3.54. The molecule has 0 aromatic carbocycles. The Kier molecular flexibility index (Phi) is 3.02. The van der Waals surface area contributed by atoms with Crippen molar-refractivity contribution in [2.24, 2.45) is 5.73 Å². The number of rotatable bonds is 1. The Morgan fingerprint density at radius 1 is 1.53 bits per heavy atom. The number of nitriles is 1. The molecule has 0 bridgehead atoms. The smallest absolute Gasteiger partial charge is 0.103 e. The Hall–Kier alpha value is -1.83. The maximum atomic E-state index is 9.32. The summed E-state index contributed by atoms with van der Waals surface area (Å²) in [6.07, 6.45) is 6.06. The fraction of sp³-hybridized carbons (Fsp3) is 0.286. The van der Waals surface area contributed by atoms with E-state index in [1.807, 2.05) is 16.7 Å². The van der Waals surface area contributed by atoms with Crippen LogP contribution in [0, 0.1) is 11.3 Å². The second-order valence-corrected chi connectivity index (χ2v) is 5.05. The molecule has 0 saturated carbocycles. The maximum Gasteiger partial charge on any atom is 0.103 e. The number of nitrogens with zero attached hydrogens (tertiary/aromatic N) is 3. The van der Waals surface area contributed by atoms with E-state index in [9.17, 15) is 5.26 Å². The molecule has 2 aromatic heterocycles. The van der Waals surface area contributed by atoms with Crippen LogP contribution in [0.3, 0.4) is 0 Å². The molecule has 0 spiro atoms. The third-order valence-corrected chi connectivity index (χ3v) is 3.91. The van der Waals surface area contributed by atoms with E-state index >= 15 is 0 Å². The number of hydrogen-bond acceptors (Lipinski definition) is 3. The molecule has 1 atom stereocenters. The van der Waals surface area contributed by atoms with Gasteiger partial charge in [0.1, 0.15) is 6.07 Å². The Morgan fingerprint density at radius 2 is 2.37 bits per heavy atom. The molecule has 1 unspecified atom stereocenters. The summed E-state index contributed by atoms with van der Waals surface area (Å²) in [5, 5.41) is 9.81. The van der Waals surface area contributed by atoms with E-state index in [1.165, 1.54) is 0 Å². The van der Waals surface area contributed by atoms with Crippen LogP contribution in [0.15, 0.2) is 24.5 Å². The van der Waals surface area contributed by atoms with Crippen LogP contribution in [0.2, 0.25) is 5.02 Å². The highest BCUT2D eigenvalue weighted by molar-refractivity contribution is 6.34. The number of aromatic nitrogens is 2. The minimum absolute atomic E-state index is 0.126. The molecular formula is C14H13ClN4. The van der Waals surface area contributed by atoms with Crippen LogP contribution in [0.1, 0.15) is 30.3 Å². The summed E-state index contributed by atoms with van der Waals surface area (Å²) >= 11 is 6.39. The average molecular weight is 273 g/mol. The Balaban J connectivity index is 2.31. The molecule has 0 fully saturated rings. The van der Waals surface area contributed by atoms with Gasteiger partial charge in [-0.15, -0.1) is 0 Å². The highest BCUT2D eigenvalue weighted by Crippen LogP contribution is 2.40. The minimum Gasteiger partial charge on any atom is -0.326 e. The zero-order valence-corrected chi connectivity index (χ0v) is 11.1. The van der Waals surface area contributed by atoms with E-state index in [0.717, 1.165) is 36.2 Å². The van der Waals surface area contributed by atoms with Crippen LogP contribution < -0.4 is 5.73 Å². The van der Waals surface area contributed by atoms with Gasteiger partial charge in [-0.25, -0.2) is 0 Å². The molecule has 1 aliphatic heterocycles. The van der Waals surface area contributed by atoms with Gasteiger partial charge in [0, 0.05) is 23.7 Å². The minimum atomic E-state index is -0.126. The zero-order chi connectivity index (χ0) is 13.4. The predicted octanol–water partition coefficient (Wildman–Crippen LogP) is 2.87. The van der Waals surface area contributed by atoms with Crippen LogP contribution >= 0.6 is 11.6 Å². The van der Waals surface area contributed by atoms with Crippen molar-refractivity contribution in [2.45, 2.75) is 25.4 Å². The lowest BCUT2D eigenvalue weighted by Gasteiger charge is -2.25. The van der Waals surface area contributed by atoms with Crippen LogP contribution in [-0.2, 0) is 6.42 Å². The van der Waals surface area contributed by atoms with Crippen LogP contribution in [0.25, 0.3) is 11.3 Å². The molecule has 0 amide bonds. The van der Waals surface area contributed by atoms with Gasteiger partial charge in [-0.3, -0.25) is 4.98 Å². The van der Waals surface area contributed by atoms with E-state index in [2.05, 4.69) is 11.1 Å². The molecule has 4 nitrogen and oxygen atoms in total. The van der Waals surface area contributed by atoms with E-state index in [4.69, 9.17) is 17.3 Å². The van der Waals surface area contributed by atoms with E-state index in [0.29, 0.717) is 10.6 Å². The van der Waals surface area contributed by atoms with Gasteiger partial charge in [0.05, 0.1) is 22.4 Å². The first kappa shape index (κ1) is 12.2. The number of pyridine rings is 1. The average Bonchev–Trinajstić information content (AvgIpc) is 2.73. The molecule has 96 valence electrons. The lowest BCUT2D eigenvalue weighted by atomic mass is 10.1. The van der Waals surface area contributed by atoms with Crippen molar-refractivity contribution in [3.63, 3.8) is 0 Å². The van der Waals surface area contributed by atoms with Crippen molar-refractivity contribution in [2.75, 3.05) is 0 Å². The van der Waals surface area contributed by atoms with Gasteiger partial charge in [0.15, 0.2) is 0 Å². The van der Waals surface area contributed by atoms with E-state index < -0.39 is 0 Å². The molecule has 1 aliphatic rings. The van der Waals surface area contributed by atoms with Gasteiger partial charge in [-0.1, -0.05) is 11.6 Å². The molecule has 2 N–H and O–H groups in total. The fourth-order valence-corrected chi connectivity index (χ4v) is 3.06. The quantitative estimate of drug-likeness (QED) is 0.868. The second kappa shape index (κ2) is 4.69. The van der Waals surface area contributed by atoms with Gasteiger partial charge < -0.3 is 10.3 Å². The molecule has 2 aromatic rings. The van der Waals surface area contributed by atoms with Crippen molar-refractivity contribution in [1.82, 2.24) is 9.55 Å². The van der Waals surface area contributed by atoms with Gasteiger partial charge >= 0.3 is 0 Å². The third kappa shape index (κ3) is 1.83. The van der Waals surface area contributed by atoms with Crippen LogP contribution in [-0.4, -0.2) is 9.55 Å². The first-order chi connectivity index (χ1) is 9.24. The summed E-state index contributed by atoms with van der Waals surface area (Å²) < 4.78 is 2.00. The first-order valence-corrected chi connectivity index (χ1v) is 6.60. The summed E-state index contributed by atoms with van der Waals surface area (Å²) in [6.45, 7) is 0. The topological polar surface area (TPSA) is 67.6 Å². The summed E-state index contributed by atoms with van der Waals surface area (Å²) in [5.41, 5.74) is 9.41. The Bertz CT molecular complexity index is 654. The van der Waals surface area contributed by atoms with Gasteiger partial charge in [0.2, 0.25) is 0 Å². The summed E-state index contributed by atoms with van der Waals surface area (Å²) in [4.78, 5) is 4.12. The zero-order valence-electron chi connectivity index (χ0n) is 10.3. The summed E-state index contributed by atoms with van der Waals surface area (Å²) in [5.74, 6) is 0. The number of fused-ring (bicyclic) bond motifs is 1. The highest BCUT2D eigenvalue weighted by Gasteiger charge is 2.28. The van der Waals surface area contributed by atoms with Crippen molar-refractivity contribution in [3.05, 3.63) is 40.8 Å². The Morgan fingerprint density at radius 3 is 3.05 bits per heavy atom. The molecule has 5 heteroatoms. The highest BCUT2D eigenvalue weighted by atomic mass is 35.5. The Labute approximate surface area is 116 Å². The van der Waals surface area contributed by atoms with Crippen LogP contribution in [0.4, 0.5) is 0 Å². The SMILES string of the molecule is N#Cc1c(Cl)c(-c2cccnc2)n2c1CCCC2N. The number of hydrogen-bond donors (Lipinski definition) is 1. The van der Waals surface area contributed by atoms with Crippen molar-refractivity contribution < 1.29 is 0 Å². The van der Waals surface area contributed by atoms with Gasteiger partial charge in [-0.05, 0) is 31.4 Å². The molecule has 19 heavy (non-hydrogen) atoms. The van der Waals surface area contributed by atoms with Crippen LogP contribution in [0.5, 0.6) is 0 Å². The number of halogens is 1. The van der Waals surface area contributed by atoms with Gasteiger partial charge in [-0.2, -0.15) is 5.26 Å². The molecular weight excluding hydrogens is 260 g/mol.